The van der Waals surface area contributed by atoms with Gasteiger partial charge in [-0.1, -0.05) is 23.7 Å². The second-order valence-corrected chi connectivity index (χ2v) is 7.09. The van der Waals surface area contributed by atoms with Crippen molar-refractivity contribution in [2.75, 3.05) is 12.3 Å². The lowest BCUT2D eigenvalue weighted by molar-refractivity contribution is 0.0956. The largest absolute Gasteiger partial charge is 0.351 e. The van der Waals surface area contributed by atoms with Gasteiger partial charge in [-0.3, -0.25) is 4.79 Å². The zero-order valence-corrected chi connectivity index (χ0v) is 15.1. The standard InChI is InChI=1S/C19H18ClN3OS/c20-17-5-7-18(8-6-17)25-12-10-22-19(24)16-3-1-15(2-4-16)13-23-11-9-21-14-23/h1-9,11,14H,10,12-13H2,(H,22,24). The molecule has 2 aromatic carbocycles. The van der Waals surface area contributed by atoms with Crippen molar-refractivity contribution in [3.05, 3.63) is 83.4 Å². The number of amides is 1. The molecule has 0 bridgehead atoms. The van der Waals surface area contributed by atoms with Crippen LogP contribution in [0.5, 0.6) is 0 Å². The summed E-state index contributed by atoms with van der Waals surface area (Å²) in [6, 6.07) is 15.3. The van der Waals surface area contributed by atoms with Gasteiger partial charge in [0.05, 0.1) is 6.33 Å². The molecule has 25 heavy (non-hydrogen) atoms. The molecule has 1 N–H and O–H groups in total. The van der Waals surface area contributed by atoms with Crippen LogP contribution in [0.3, 0.4) is 0 Å². The number of hydrogen-bond acceptors (Lipinski definition) is 3. The Morgan fingerprint density at radius 2 is 1.88 bits per heavy atom. The van der Waals surface area contributed by atoms with E-state index in [-0.39, 0.29) is 5.91 Å². The highest BCUT2D eigenvalue weighted by atomic mass is 35.5. The fourth-order valence-electron chi connectivity index (χ4n) is 2.32. The molecule has 0 spiro atoms. The maximum atomic E-state index is 12.2. The lowest BCUT2D eigenvalue weighted by Crippen LogP contribution is -2.25. The molecule has 0 atom stereocenters. The first kappa shape index (κ1) is 17.6. The van der Waals surface area contributed by atoms with Crippen molar-refractivity contribution >= 4 is 29.3 Å². The summed E-state index contributed by atoms with van der Waals surface area (Å²) < 4.78 is 1.99. The summed E-state index contributed by atoms with van der Waals surface area (Å²) >= 11 is 7.55. The molecule has 1 aromatic heterocycles. The number of thioether (sulfide) groups is 1. The minimum Gasteiger partial charge on any atom is -0.351 e. The highest BCUT2D eigenvalue weighted by Crippen LogP contribution is 2.19. The zero-order chi connectivity index (χ0) is 17.5. The molecule has 6 heteroatoms. The van der Waals surface area contributed by atoms with E-state index in [0.29, 0.717) is 12.1 Å². The Hall–Kier alpha value is -2.24. The number of carbonyl (C=O) groups excluding carboxylic acids is 1. The number of nitrogens with one attached hydrogen (secondary N) is 1. The van der Waals surface area contributed by atoms with E-state index < -0.39 is 0 Å². The minimum atomic E-state index is -0.0501. The average Bonchev–Trinajstić information content (AvgIpc) is 3.14. The van der Waals surface area contributed by atoms with Gasteiger partial charge in [0, 0.05) is 46.7 Å². The van der Waals surface area contributed by atoms with E-state index in [9.17, 15) is 4.79 Å². The van der Waals surface area contributed by atoms with Crippen LogP contribution in [0.4, 0.5) is 0 Å². The third-order valence-corrected chi connectivity index (χ3v) is 4.88. The first-order valence-corrected chi connectivity index (χ1v) is 9.28. The molecule has 0 aliphatic carbocycles. The van der Waals surface area contributed by atoms with Crippen LogP contribution in [-0.2, 0) is 6.54 Å². The first-order valence-electron chi connectivity index (χ1n) is 7.92. The summed E-state index contributed by atoms with van der Waals surface area (Å²) in [7, 11) is 0. The fraction of sp³-hybridized carbons (Fsp3) is 0.158. The summed E-state index contributed by atoms with van der Waals surface area (Å²) in [6.45, 7) is 1.36. The Morgan fingerprint density at radius 1 is 1.12 bits per heavy atom. The average molecular weight is 372 g/mol. The van der Waals surface area contributed by atoms with Gasteiger partial charge in [0.25, 0.3) is 5.91 Å². The predicted molar refractivity (Wildman–Crippen MR) is 102 cm³/mol. The molecule has 0 saturated carbocycles. The Kier molecular flexibility index (Phi) is 6.14. The molecule has 1 heterocycles. The van der Waals surface area contributed by atoms with E-state index in [1.807, 2.05) is 59.3 Å². The molecule has 1 amide bonds. The van der Waals surface area contributed by atoms with Gasteiger partial charge >= 0.3 is 0 Å². The number of imidazole rings is 1. The zero-order valence-electron chi connectivity index (χ0n) is 13.6. The van der Waals surface area contributed by atoms with Crippen LogP contribution < -0.4 is 5.32 Å². The Balaban J connectivity index is 1.44. The molecule has 4 nitrogen and oxygen atoms in total. The molecule has 0 aliphatic rings. The Bertz CT molecular complexity index is 802. The molecule has 128 valence electrons. The molecule has 0 saturated heterocycles. The van der Waals surface area contributed by atoms with E-state index in [4.69, 9.17) is 11.6 Å². The van der Waals surface area contributed by atoms with Crippen molar-refractivity contribution < 1.29 is 4.79 Å². The number of hydrogen-bond donors (Lipinski definition) is 1. The van der Waals surface area contributed by atoms with Gasteiger partial charge in [-0.05, 0) is 42.0 Å². The number of nitrogens with zero attached hydrogens (tertiary/aromatic N) is 2. The number of carbonyl (C=O) groups is 1. The molecular weight excluding hydrogens is 354 g/mol. The highest BCUT2D eigenvalue weighted by Gasteiger charge is 2.05. The molecule has 0 fully saturated rings. The lowest BCUT2D eigenvalue weighted by Gasteiger charge is -2.07. The van der Waals surface area contributed by atoms with Crippen LogP contribution in [0.1, 0.15) is 15.9 Å². The molecule has 0 aliphatic heterocycles. The number of halogens is 1. The molecule has 3 aromatic rings. The monoisotopic (exact) mass is 371 g/mol. The lowest BCUT2D eigenvalue weighted by atomic mass is 10.1. The van der Waals surface area contributed by atoms with Gasteiger partial charge in [0.15, 0.2) is 0 Å². The predicted octanol–water partition coefficient (Wildman–Crippen LogP) is 4.11. The first-order chi connectivity index (χ1) is 12.2. The summed E-state index contributed by atoms with van der Waals surface area (Å²) in [5.74, 6) is 0.761. The van der Waals surface area contributed by atoms with Gasteiger partial charge in [-0.2, -0.15) is 0 Å². The van der Waals surface area contributed by atoms with Crippen LogP contribution in [0.2, 0.25) is 5.02 Å². The molecular formula is C19H18ClN3OS. The van der Waals surface area contributed by atoms with Crippen LogP contribution >= 0.6 is 23.4 Å². The van der Waals surface area contributed by atoms with Crippen LogP contribution in [0.15, 0.2) is 72.1 Å². The summed E-state index contributed by atoms with van der Waals surface area (Å²) in [5, 5.41) is 3.68. The second kappa shape index (κ2) is 8.74. The molecule has 3 rings (SSSR count). The topological polar surface area (TPSA) is 46.9 Å². The van der Waals surface area contributed by atoms with Crippen molar-refractivity contribution in [3.63, 3.8) is 0 Å². The number of aromatic nitrogens is 2. The SMILES string of the molecule is O=C(NCCSc1ccc(Cl)cc1)c1ccc(Cn2ccnc2)cc1. The quantitative estimate of drug-likeness (QED) is 0.502. The van der Waals surface area contributed by atoms with Crippen molar-refractivity contribution in [2.45, 2.75) is 11.4 Å². The fourth-order valence-corrected chi connectivity index (χ4v) is 3.21. The van der Waals surface area contributed by atoms with Crippen LogP contribution in [0, 0.1) is 0 Å². The van der Waals surface area contributed by atoms with Crippen molar-refractivity contribution in [3.8, 4) is 0 Å². The third-order valence-electron chi connectivity index (χ3n) is 3.61. The highest BCUT2D eigenvalue weighted by molar-refractivity contribution is 7.99. The van der Waals surface area contributed by atoms with E-state index in [2.05, 4.69) is 10.3 Å². The Labute approximate surface area is 156 Å². The van der Waals surface area contributed by atoms with Crippen molar-refractivity contribution in [2.24, 2.45) is 0 Å². The molecule has 0 unspecified atom stereocenters. The maximum Gasteiger partial charge on any atom is 0.251 e. The van der Waals surface area contributed by atoms with Gasteiger partial charge in [0.2, 0.25) is 0 Å². The molecule has 0 radical (unpaired) electrons. The van der Waals surface area contributed by atoms with Gasteiger partial charge in [-0.15, -0.1) is 11.8 Å². The summed E-state index contributed by atoms with van der Waals surface area (Å²) in [5.41, 5.74) is 1.80. The maximum absolute atomic E-state index is 12.2. The van der Waals surface area contributed by atoms with Crippen molar-refractivity contribution in [1.29, 1.82) is 0 Å². The van der Waals surface area contributed by atoms with Crippen molar-refractivity contribution in [1.82, 2.24) is 14.9 Å². The van der Waals surface area contributed by atoms with E-state index in [1.165, 1.54) is 0 Å². The Morgan fingerprint density at radius 3 is 2.56 bits per heavy atom. The van der Waals surface area contributed by atoms with Gasteiger partial charge in [-0.25, -0.2) is 4.98 Å². The van der Waals surface area contributed by atoms with Crippen LogP contribution in [-0.4, -0.2) is 27.8 Å². The van der Waals surface area contributed by atoms with Gasteiger partial charge < -0.3 is 9.88 Å². The van der Waals surface area contributed by atoms with E-state index in [0.717, 1.165) is 27.8 Å². The minimum absolute atomic E-state index is 0.0501. The van der Waals surface area contributed by atoms with Gasteiger partial charge in [0.1, 0.15) is 0 Å². The normalized spacial score (nSPS) is 10.6. The smallest absolute Gasteiger partial charge is 0.251 e. The number of benzene rings is 2. The summed E-state index contributed by atoms with van der Waals surface area (Å²) in [4.78, 5) is 17.3. The summed E-state index contributed by atoms with van der Waals surface area (Å²) in [6.07, 6.45) is 5.45. The second-order valence-electron chi connectivity index (χ2n) is 5.49. The van der Waals surface area contributed by atoms with E-state index in [1.54, 1.807) is 24.3 Å². The third kappa shape index (κ3) is 5.37. The van der Waals surface area contributed by atoms with E-state index >= 15 is 0 Å². The number of rotatable bonds is 7. The van der Waals surface area contributed by atoms with Crippen LogP contribution in [0.25, 0.3) is 0 Å².